The molecular weight excluding hydrogens is 272 g/mol. The number of nitrogens with zero attached hydrogens (tertiary/aromatic N) is 4. The van der Waals surface area contributed by atoms with Gasteiger partial charge in [-0.05, 0) is 19.1 Å². The van der Waals surface area contributed by atoms with Crippen molar-refractivity contribution in [3.8, 4) is 0 Å². The normalized spacial score (nSPS) is 15.2. The smallest absolute Gasteiger partial charge is 0.352 e. The van der Waals surface area contributed by atoms with E-state index in [-0.39, 0.29) is 30.3 Å². The number of hydrogen-bond acceptors (Lipinski definition) is 5. The Hall–Kier alpha value is -2.83. The molecule has 1 aliphatic rings. The molecule has 0 unspecified atom stereocenters. The van der Waals surface area contributed by atoms with Gasteiger partial charge >= 0.3 is 5.97 Å². The number of hydrazone groups is 1. The highest BCUT2D eigenvalue weighted by molar-refractivity contribution is 6.37. The molecule has 7 heteroatoms. The molecule has 21 heavy (non-hydrogen) atoms. The van der Waals surface area contributed by atoms with Crippen molar-refractivity contribution in [3.05, 3.63) is 30.0 Å². The topological polar surface area (TPSA) is 95.8 Å². The summed E-state index contributed by atoms with van der Waals surface area (Å²) in [4.78, 5) is 31.8. The second-order valence-electron chi connectivity index (χ2n) is 4.68. The second kappa shape index (κ2) is 4.93. The molecule has 7 nitrogen and oxygen atoms in total. The molecule has 1 aliphatic heterocycles. The van der Waals surface area contributed by atoms with Crippen LogP contribution in [-0.2, 0) is 9.59 Å². The van der Waals surface area contributed by atoms with Crippen LogP contribution in [0.3, 0.4) is 0 Å². The maximum atomic E-state index is 12.0. The van der Waals surface area contributed by atoms with Gasteiger partial charge in [-0.2, -0.15) is 10.1 Å². The summed E-state index contributed by atoms with van der Waals surface area (Å²) in [5.74, 6) is -1.14. The first-order valence-electron chi connectivity index (χ1n) is 6.43. The third-order valence-corrected chi connectivity index (χ3v) is 3.20. The summed E-state index contributed by atoms with van der Waals surface area (Å²) in [5, 5.41) is 14.0. The number of fused-ring (bicyclic) bond motifs is 1. The van der Waals surface area contributed by atoms with Gasteiger partial charge in [0.2, 0.25) is 5.91 Å². The standard InChI is InChI=1S/C14H12N4O3/c1-8-13(16-10-5-3-2-4-9(10)15-8)18-12(19)7-6-11(17-18)14(20)21/h2-5H,6-7H2,1H3,(H,20,21). The first-order chi connectivity index (χ1) is 10.1. The predicted molar refractivity (Wildman–Crippen MR) is 76.1 cm³/mol. The van der Waals surface area contributed by atoms with Gasteiger partial charge in [0.05, 0.1) is 16.7 Å². The van der Waals surface area contributed by atoms with E-state index in [1.165, 1.54) is 0 Å². The molecule has 3 rings (SSSR count). The minimum absolute atomic E-state index is 0.0519. The van der Waals surface area contributed by atoms with E-state index in [4.69, 9.17) is 5.11 Å². The lowest BCUT2D eigenvalue weighted by Gasteiger charge is -2.22. The summed E-state index contributed by atoms with van der Waals surface area (Å²) in [5.41, 5.74) is 1.82. The van der Waals surface area contributed by atoms with Crippen molar-refractivity contribution >= 4 is 34.4 Å². The number of carboxylic acids is 1. The van der Waals surface area contributed by atoms with Crippen LogP contribution in [0.2, 0.25) is 0 Å². The molecule has 0 saturated heterocycles. The van der Waals surface area contributed by atoms with Gasteiger partial charge in [-0.3, -0.25) is 4.79 Å². The highest BCUT2D eigenvalue weighted by atomic mass is 16.4. The Morgan fingerprint density at radius 3 is 2.52 bits per heavy atom. The lowest BCUT2D eigenvalue weighted by molar-refractivity contribution is -0.129. The zero-order chi connectivity index (χ0) is 15.0. The average Bonchev–Trinajstić information content (AvgIpc) is 2.47. The van der Waals surface area contributed by atoms with Crippen LogP contribution in [0, 0.1) is 6.92 Å². The fraction of sp³-hybridized carbons (Fsp3) is 0.214. The van der Waals surface area contributed by atoms with Crippen LogP contribution < -0.4 is 5.01 Å². The number of para-hydroxylation sites is 2. The molecule has 0 saturated carbocycles. The molecule has 0 spiro atoms. The lowest BCUT2D eigenvalue weighted by atomic mass is 10.1. The van der Waals surface area contributed by atoms with E-state index in [1.54, 1.807) is 13.0 Å². The molecule has 0 aliphatic carbocycles. The molecular formula is C14H12N4O3. The Kier molecular flexibility index (Phi) is 3.09. The fourth-order valence-electron chi connectivity index (χ4n) is 2.15. The maximum absolute atomic E-state index is 12.0. The number of aliphatic carboxylic acids is 1. The third-order valence-electron chi connectivity index (χ3n) is 3.20. The van der Waals surface area contributed by atoms with Crippen molar-refractivity contribution in [2.75, 3.05) is 5.01 Å². The minimum atomic E-state index is -1.13. The molecule has 2 aromatic rings. The number of anilines is 1. The molecule has 1 amide bonds. The molecule has 2 heterocycles. The van der Waals surface area contributed by atoms with Crippen molar-refractivity contribution < 1.29 is 14.7 Å². The molecule has 0 bridgehead atoms. The summed E-state index contributed by atoms with van der Waals surface area (Å²) < 4.78 is 0. The van der Waals surface area contributed by atoms with E-state index in [0.717, 1.165) is 5.01 Å². The van der Waals surface area contributed by atoms with Crippen LogP contribution in [0.4, 0.5) is 5.82 Å². The van der Waals surface area contributed by atoms with Crippen molar-refractivity contribution in [1.82, 2.24) is 9.97 Å². The number of carbonyl (C=O) groups excluding carboxylic acids is 1. The number of benzene rings is 1. The van der Waals surface area contributed by atoms with Crippen molar-refractivity contribution in [2.24, 2.45) is 5.10 Å². The van der Waals surface area contributed by atoms with Gasteiger partial charge in [-0.15, -0.1) is 0 Å². The van der Waals surface area contributed by atoms with Crippen LogP contribution in [-0.4, -0.2) is 32.7 Å². The van der Waals surface area contributed by atoms with Crippen molar-refractivity contribution in [1.29, 1.82) is 0 Å². The number of rotatable bonds is 2. The summed E-state index contributed by atoms with van der Waals surface area (Å²) in [6.07, 6.45) is 0.226. The van der Waals surface area contributed by atoms with Gasteiger partial charge in [-0.25, -0.2) is 14.8 Å². The van der Waals surface area contributed by atoms with Crippen LogP contribution >= 0.6 is 0 Å². The number of aromatic nitrogens is 2. The molecule has 106 valence electrons. The van der Waals surface area contributed by atoms with Gasteiger partial charge in [-0.1, -0.05) is 12.1 Å². The number of carboxylic acid groups (broad SMARTS) is 1. The second-order valence-corrected chi connectivity index (χ2v) is 4.68. The van der Waals surface area contributed by atoms with Gasteiger partial charge in [0.25, 0.3) is 0 Å². The first kappa shape index (κ1) is 13.2. The largest absolute Gasteiger partial charge is 0.477 e. The van der Waals surface area contributed by atoms with E-state index in [2.05, 4.69) is 15.1 Å². The zero-order valence-corrected chi connectivity index (χ0v) is 11.3. The minimum Gasteiger partial charge on any atom is -0.477 e. The van der Waals surface area contributed by atoms with Gasteiger partial charge in [0, 0.05) is 12.8 Å². The predicted octanol–water partition coefficient (Wildman–Crippen LogP) is 1.51. The van der Waals surface area contributed by atoms with E-state index < -0.39 is 5.97 Å². The van der Waals surface area contributed by atoms with Gasteiger partial charge in [0.15, 0.2) is 5.82 Å². The molecule has 1 N–H and O–H groups in total. The van der Waals surface area contributed by atoms with Crippen LogP contribution in [0.25, 0.3) is 11.0 Å². The maximum Gasteiger partial charge on any atom is 0.352 e. The fourth-order valence-corrected chi connectivity index (χ4v) is 2.15. The third kappa shape index (κ3) is 2.33. The Balaban J connectivity index is 2.14. The monoisotopic (exact) mass is 284 g/mol. The number of aryl methyl sites for hydroxylation is 1. The van der Waals surface area contributed by atoms with Crippen LogP contribution in [0.15, 0.2) is 29.4 Å². The molecule has 1 aromatic heterocycles. The number of carbonyl (C=O) groups is 2. The molecule has 1 aromatic carbocycles. The van der Waals surface area contributed by atoms with Crippen LogP contribution in [0.1, 0.15) is 18.5 Å². The lowest BCUT2D eigenvalue weighted by Crippen LogP contribution is -2.35. The SMILES string of the molecule is Cc1nc2ccccc2nc1N1N=C(C(=O)O)CCC1=O. The Labute approximate surface area is 119 Å². The Bertz CT molecular complexity index is 785. The van der Waals surface area contributed by atoms with Crippen LogP contribution in [0.5, 0.6) is 0 Å². The van der Waals surface area contributed by atoms with E-state index >= 15 is 0 Å². The highest BCUT2D eigenvalue weighted by Gasteiger charge is 2.27. The number of amides is 1. The molecule has 0 fully saturated rings. The summed E-state index contributed by atoms with van der Waals surface area (Å²) in [6.45, 7) is 1.71. The van der Waals surface area contributed by atoms with E-state index in [9.17, 15) is 9.59 Å². The Morgan fingerprint density at radius 2 is 1.86 bits per heavy atom. The Morgan fingerprint density at radius 1 is 1.19 bits per heavy atom. The summed E-state index contributed by atoms with van der Waals surface area (Å²) in [7, 11) is 0. The summed E-state index contributed by atoms with van der Waals surface area (Å²) in [6, 6.07) is 7.27. The quantitative estimate of drug-likeness (QED) is 0.901. The van der Waals surface area contributed by atoms with Gasteiger partial charge < -0.3 is 5.11 Å². The van der Waals surface area contributed by atoms with Crippen molar-refractivity contribution in [3.63, 3.8) is 0 Å². The zero-order valence-electron chi connectivity index (χ0n) is 11.3. The number of hydrogen-bond donors (Lipinski definition) is 1. The van der Waals surface area contributed by atoms with Crippen molar-refractivity contribution in [2.45, 2.75) is 19.8 Å². The molecule has 0 atom stereocenters. The van der Waals surface area contributed by atoms with E-state index in [1.807, 2.05) is 18.2 Å². The summed E-state index contributed by atoms with van der Waals surface area (Å²) >= 11 is 0. The first-order valence-corrected chi connectivity index (χ1v) is 6.43. The average molecular weight is 284 g/mol. The highest BCUT2D eigenvalue weighted by Crippen LogP contribution is 2.23. The van der Waals surface area contributed by atoms with Gasteiger partial charge in [0.1, 0.15) is 5.71 Å². The van der Waals surface area contributed by atoms with E-state index in [0.29, 0.717) is 16.7 Å². The molecule has 0 radical (unpaired) electrons.